The number of hydrogen-bond acceptors (Lipinski definition) is 2. The molecule has 18 heavy (non-hydrogen) atoms. The van der Waals surface area contributed by atoms with Crippen molar-refractivity contribution < 1.29 is 9.18 Å². The Labute approximate surface area is 113 Å². The van der Waals surface area contributed by atoms with Gasteiger partial charge < -0.3 is 5.32 Å². The maximum atomic E-state index is 13.5. The smallest absolute Gasteiger partial charge is 0.248 e. The van der Waals surface area contributed by atoms with Crippen molar-refractivity contribution in [3.63, 3.8) is 0 Å². The van der Waals surface area contributed by atoms with Crippen LogP contribution in [-0.2, 0) is 4.79 Å². The van der Waals surface area contributed by atoms with Crippen molar-refractivity contribution in [2.75, 3.05) is 5.32 Å². The predicted molar refractivity (Wildman–Crippen MR) is 73.4 cm³/mol. The number of rotatable bonds is 3. The van der Waals surface area contributed by atoms with Crippen molar-refractivity contribution in [1.82, 2.24) is 0 Å². The second-order valence-corrected chi connectivity index (χ2v) is 4.83. The Morgan fingerprint density at radius 1 is 1.33 bits per heavy atom. The molecule has 0 saturated carbocycles. The topological polar surface area (TPSA) is 29.1 Å². The first-order chi connectivity index (χ1) is 8.66. The summed E-state index contributed by atoms with van der Waals surface area (Å²) in [5, 5.41) is 4.33. The molecular weight excluding hydrogens is 273 g/mol. The lowest BCUT2D eigenvalue weighted by atomic mass is 10.3. The second kappa shape index (κ2) is 5.80. The monoisotopic (exact) mass is 281 g/mol. The maximum absolute atomic E-state index is 13.5. The summed E-state index contributed by atoms with van der Waals surface area (Å²) in [6.45, 7) is 0. The Kier molecular flexibility index (Phi) is 4.12. The molecule has 0 spiro atoms. The normalized spacial score (nSPS) is 10.8. The highest BCUT2D eigenvalue weighted by Crippen LogP contribution is 2.22. The van der Waals surface area contributed by atoms with E-state index in [2.05, 4.69) is 5.32 Å². The Morgan fingerprint density at radius 3 is 2.89 bits per heavy atom. The SMILES string of the molecule is O=C(/C=C/c1cccs1)Nc1cccc(Cl)c1F. The molecule has 5 heteroatoms. The molecule has 2 aromatic rings. The van der Waals surface area contributed by atoms with Gasteiger partial charge in [0.2, 0.25) is 5.91 Å². The number of halogens is 2. The highest BCUT2D eigenvalue weighted by Gasteiger charge is 2.07. The third kappa shape index (κ3) is 3.18. The van der Waals surface area contributed by atoms with Crippen molar-refractivity contribution >= 4 is 40.6 Å². The zero-order chi connectivity index (χ0) is 13.0. The third-order valence-corrected chi connectivity index (χ3v) is 3.28. The summed E-state index contributed by atoms with van der Waals surface area (Å²) in [6.07, 6.45) is 3.02. The van der Waals surface area contributed by atoms with Gasteiger partial charge in [-0.25, -0.2) is 4.39 Å². The molecule has 0 radical (unpaired) electrons. The van der Waals surface area contributed by atoms with E-state index in [1.165, 1.54) is 29.5 Å². The fraction of sp³-hybridized carbons (Fsp3) is 0. The number of benzene rings is 1. The lowest BCUT2D eigenvalue weighted by Crippen LogP contribution is -2.09. The molecule has 0 aliphatic rings. The van der Waals surface area contributed by atoms with Gasteiger partial charge in [-0.15, -0.1) is 11.3 Å². The number of amides is 1. The lowest BCUT2D eigenvalue weighted by molar-refractivity contribution is -0.111. The quantitative estimate of drug-likeness (QED) is 0.840. The minimum absolute atomic E-state index is 0.0185. The molecule has 0 atom stereocenters. The zero-order valence-corrected chi connectivity index (χ0v) is 10.8. The van der Waals surface area contributed by atoms with Gasteiger partial charge in [-0.2, -0.15) is 0 Å². The molecule has 1 amide bonds. The Bertz CT molecular complexity index is 581. The van der Waals surface area contributed by atoms with Gasteiger partial charge >= 0.3 is 0 Å². The van der Waals surface area contributed by atoms with Crippen LogP contribution >= 0.6 is 22.9 Å². The second-order valence-electron chi connectivity index (χ2n) is 3.44. The minimum atomic E-state index is -0.628. The van der Waals surface area contributed by atoms with Crippen LogP contribution in [-0.4, -0.2) is 5.91 Å². The molecule has 92 valence electrons. The number of nitrogens with one attached hydrogen (secondary N) is 1. The first-order valence-corrected chi connectivity index (χ1v) is 6.39. The fourth-order valence-corrected chi connectivity index (χ4v) is 2.11. The van der Waals surface area contributed by atoms with Gasteiger partial charge in [-0.05, 0) is 29.7 Å². The van der Waals surface area contributed by atoms with Crippen molar-refractivity contribution in [3.05, 3.63) is 57.5 Å². The van der Waals surface area contributed by atoms with Gasteiger partial charge in [-0.3, -0.25) is 4.79 Å². The minimum Gasteiger partial charge on any atom is -0.320 e. The summed E-state index contributed by atoms with van der Waals surface area (Å²) < 4.78 is 13.5. The number of carbonyl (C=O) groups is 1. The van der Waals surface area contributed by atoms with E-state index in [0.717, 1.165) is 4.88 Å². The molecule has 1 aromatic carbocycles. The molecule has 0 aliphatic heterocycles. The van der Waals surface area contributed by atoms with Crippen molar-refractivity contribution in [1.29, 1.82) is 0 Å². The van der Waals surface area contributed by atoms with E-state index in [-0.39, 0.29) is 10.7 Å². The van der Waals surface area contributed by atoms with Crippen LogP contribution in [0.25, 0.3) is 6.08 Å². The summed E-state index contributed by atoms with van der Waals surface area (Å²) in [6, 6.07) is 8.23. The van der Waals surface area contributed by atoms with Gasteiger partial charge in [0.05, 0.1) is 10.7 Å². The molecule has 0 unspecified atom stereocenters. The van der Waals surface area contributed by atoms with Crippen LogP contribution < -0.4 is 5.32 Å². The van der Waals surface area contributed by atoms with Gasteiger partial charge in [0, 0.05) is 11.0 Å². The first-order valence-electron chi connectivity index (χ1n) is 5.13. The number of hydrogen-bond donors (Lipinski definition) is 1. The average molecular weight is 282 g/mol. The zero-order valence-electron chi connectivity index (χ0n) is 9.19. The summed E-state index contributed by atoms with van der Waals surface area (Å²) in [7, 11) is 0. The van der Waals surface area contributed by atoms with Gasteiger partial charge in [0.15, 0.2) is 5.82 Å². The highest BCUT2D eigenvalue weighted by atomic mass is 35.5. The van der Waals surface area contributed by atoms with E-state index < -0.39 is 11.7 Å². The molecule has 0 aliphatic carbocycles. The summed E-state index contributed by atoms with van der Waals surface area (Å²) in [5.74, 6) is -1.03. The summed E-state index contributed by atoms with van der Waals surface area (Å²) in [5.41, 5.74) is 0.0725. The Balaban J connectivity index is 2.05. The van der Waals surface area contributed by atoms with Gasteiger partial charge in [0.1, 0.15) is 0 Å². The van der Waals surface area contributed by atoms with Crippen LogP contribution in [0.1, 0.15) is 4.88 Å². The Morgan fingerprint density at radius 2 is 2.17 bits per heavy atom. The van der Waals surface area contributed by atoms with Crippen LogP contribution in [0.2, 0.25) is 5.02 Å². The first kappa shape index (κ1) is 12.8. The average Bonchev–Trinajstić information content (AvgIpc) is 2.86. The molecule has 2 rings (SSSR count). The number of anilines is 1. The molecule has 0 saturated heterocycles. The molecular formula is C13H9ClFNOS. The predicted octanol–water partition coefficient (Wildman–Crippen LogP) is 4.19. The van der Waals surface area contributed by atoms with Crippen molar-refractivity contribution in [2.45, 2.75) is 0 Å². The van der Waals surface area contributed by atoms with Crippen LogP contribution in [0.4, 0.5) is 10.1 Å². The number of carbonyl (C=O) groups excluding carboxylic acids is 1. The van der Waals surface area contributed by atoms with E-state index in [4.69, 9.17) is 11.6 Å². The molecule has 0 fully saturated rings. The van der Waals surface area contributed by atoms with Crippen LogP contribution in [0.15, 0.2) is 41.8 Å². The highest BCUT2D eigenvalue weighted by molar-refractivity contribution is 7.10. The van der Waals surface area contributed by atoms with E-state index in [9.17, 15) is 9.18 Å². The fourth-order valence-electron chi connectivity index (χ4n) is 1.32. The summed E-state index contributed by atoms with van der Waals surface area (Å²) >= 11 is 7.13. The van der Waals surface area contributed by atoms with Gasteiger partial charge in [0.25, 0.3) is 0 Å². The molecule has 1 heterocycles. The van der Waals surface area contributed by atoms with E-state index in [1.807, 2.05) is 17.5 Å². The van der Waals surface area contributed by atoms with Crippen LogP contribution in [0.3, 0.4) is 0 Å². The maximum Gasteiger partial charge on any atom is 0.248 e. The van der Waals surface area contributed by atoms with E-state index in [1.54, 1.807) is 12.1 Å². The molecule has 0 bridgehead atoms. The van der Waals surface area contributed by atoms with Gasteiger partial charge in [-0.1, -0.05) is 23.7 Å². The molecule has 1 N–H and O–H groups in total. The van der Waals surface area contributed by atoms with Crippen LogP contribution in [0.5, 0.6) is 0 Å². The molecule has 2 nitrogen and oxygen atoms in total. The number of thiophene rings is 1. The largest absolute Gasteiger partial charge is 0.320 e. The standard InChI is InChI=1S/C13H9ClFNOS/c14-10-4-1-5-11(13(10)15)16-12(17)7-6-9-3-2-8-18-9/h1-8H,(H,16,17)/b7-6+. The van der Waals surface area contributed by atoms with Crippen molar-refractivity contribution in [2.24, 2.45) is 0 Å². The third-order valence-electron chi connectivity index (χ3n) is 2.15. The van der Waals surface area contributed by atoms with E-state index >= 15 is 0 Å². The van der Waals surface area contributed by atoms with Crippen LogP contribution in [0, 0.1) is 5.82 Å². The molecule has 1 aromatic heterocycles. The van der Waals surface area contributed by atoms with E-state index in [0.29, 0.717) is 0 Å². The Hall–Kier alpha value is -1.65. The lowest BCUT2D eigenvalue weighted by Gasteiger charge is -2.04. The van der Waals surface area contributed by atoms with Crippen molar-refractivity contribution in [3.8, 4) is 0 Å². The summed E-state index contributed by atoms with van der Waals surface area (Å²) in [4.78, 5) is 12.5.